The molecule has 0 bridgehead atoms. The summed E-state index contributed by atoms with van der Waals surface area (Å²) in [5.74, 6) is -4.70. The van der Waals surface area contributed by atoms with E-state index in [4.69, 9.17) is 14.6 Å². The molecule has 0 fully saturated rings. The van der Waals surface area contributed by atoms with E-state index < -0.39 is 45.1 Å². The lowest BCUT2D eigenvalue weighted by Gasteiger charge is -2.15. The number of rotatable bonds is 5. The molecule has 244 valence electrons. The number of carboxylic acids is 1. The Bertz CT molecular complexity index is 2410. The number of benzene rings is 3. The van der Waals surface area contributed by atoms with Crippen LogP contribution in [0, 0.1) is 18.6 Å². The van der Waals surface area contributed by atoms with Crippen molar-refractivity contribution in [1.29, 1.82) is 0 Å². The normalized spacial score (nSPS) is 11.8. The highest BCUT2D eigenvalue weighted by Gasteiger charge is 2.38. The van der Waals surface area contributed by atoms with Gasteiger partial charge in [0, 0.05) is 48.1 Å². The van der Waals surface area contributed by atoms with Crippen LogP contribution in [0.4, 0.5) is 22.0 Å². The summed E-state index contributed by atoms with van der Waals surface area (Å²) in [5, 5.41) is 7.40. The topological polar surface area (TPSA) is 156 Å². The first kappa shape index (κ1) is 32.7. The fourth-order valence-corrected chi connectivity index (χ4v) is 5.95. The van der Waals surface area contributed by atoms with Crippen LogP contribution in [0.15, 0.2) is 87.5 Å². The molecule has 0 spiro atoms. The molecule has 17 heteroatoms. The molecule has 0 atom stereocenters. The van der Waals surface area contributed by atoms with Gasteiger partial charge in [0.1, 0.15) is 17.1 Å². The maximum absolute atomic E-state index is 14.5. The molecule has 0 aliphatic heterocycles. The second-order valence-electron chi connectivity index (χ2n) is 10.1. The first-order valence-corrected chi connectivity index (χ1v) is 14.6. The van der Waals surface area contributed by atoms with E-state index >= 15 is 0 Å². The Morgan fingerprint density at radius 3 is 2.11 bits per heavy atom. The standard InChI is InChI=1S/C28H20F2N4O5S.C2HF3O2/c1-15-3-6-17(7-4-15)40(37,38)34-10-9-18-20(14-33(2)27(35)26(18)34)19-12-22-23(32-28(36)31-22)13-25(19)39-24-8-5-16(29)11-21(24)30;3-2(4,5)1(6)7/h3-14H,1-2H3,(H2,31,32,36);(H,6,7). The number of fused-ring (bicyclic) bond motifs is 2. The molecule has 0 saturated heterocycles. The Morgan fingerprint density at radius 2 is 1.51 bits per heavy atom. The fraction of sp³-hybridized carbons (Fsp3) is 0.100. The molecule has 0 aliphatic rings. The van der Waals surface area contributed by atoms with E-state index in [-0.39, 0.29) is 27.3 Å². The number of hydrogen-bond donors (Lipinski definition) is 3. The molecule has 11 nitrogen and oxygen atoms in total. The predicted molar refractivity (Wildman–Crippen MR) is 159 cm³/mol. The van der Waals surface area contributed by atoms with Gasteiger partial charge in [-0.05, 0) is 43.3 Å². The Hall–Kier alpha value is -5.71. The van der Waals surface area contributed by atoms with Gasteiger partial charge in [-0.15, -0.1) is 0 Å². The lowest BCUT2D eigenvalue weighted by molar-refractivity contribution is -0.192. The highest BCUT2D eigenvalue weighted by molar-refractivity contribution is 7.90. The third-order valence-corrected chi connectivity index (χ3v) is 8.52. The molecule has 0 unspecified atom stereocenters. The van der Waals surface area contributed by atoms with Crippen molar-refractivity contribution in [1.82, 2.24) is 18.5 Å². The van der Waals surface area contributed by atoms with E-state index in [1.54, 1.807) is 18.2 Å². The molecular formula is C30H21F5N4O7S. The van der Waals surface area contributed by atoms with E-state index in [1.165, 1.54) is 48.3 Å². The average Bonchev–Trinajstić information content (AvgIpc) is 3.60. The maximum Gasteiger partial charge on any atom is 0.490 e. The van der Waals surface area contributed by atoms with Crippen molar-refractivity contribution in [2.24, 2.45) is 7.05 Å². The number of aromatic nitrogens is 4. The summed E-state index contributed by atoms with van der Waals surface area (Å²) in [6.45, 7) is 1.83. The van der Waals surface area contributed by atoms with Gasteiger partial charge in [0.2, 0.25) is 0 Å². The number of nitrogens with zero attached hydrogens (tertiary/aromatic N) is 2. The summed E-state index contributed by atoms with van der Waals surface area (Å²) in [7, 11) is -2.67. The van der Waals surface area contributed by atoms with Crippen LogP contribution in [-0.2, 0) is 21.9 Å². The van der Waals surface area contributed by atoms with Crippen molar-refractivity contribution in [2.45, 2.75) is 18.0 Å². The maximum atomic E-state index is 14.5. The zero-order valence-electron chi connectivity index (χ0n) is 24.0. The number of ether oxygens (including phenoxy) is 1. The van der Waals surface area contributed by atoms with Gasteiger partial charge in [0.15, 0.2) is 11.6 Å². The molecule has 3 aromatic carbocycles. The summed E-state index contributed by atoms with van der Waals surface area (Å²) in [6, 6.07) is 13.6. The number of aryl methyl sites for hydroxylation is 2. The summed E-state index contributed by atoms with van der Waals surface area (Å²) < 4.78 is 94.9. The van der Waals surface area contributed by atoms with Crippen LogP contribution in [0.1, 0.15) is 5.56 Å². The van der Waals surface area contributed by atoms with E-state index in [2.05, 4.69) is 9.97 Å². The number of halogens is 5. The largest absolute Gasteiger partial charge is 0.490 e. The number of pyridine rings is 1. The van der Waals surface area contributed by atoms with Crippen LogP contribution < -0.4 is 16.0 Å². The number of aliphatic carboxylic acids is 1. The number of hydrogen-bond acceptors (Lipinski definition) is 6. The van der Waals surface area contributed by atoms with Crippen molar-refractivity contribution < 1.29 is 45.0 Å². The van der Waals surface area contributed by atoms with Crippen LogP contribution in [-0.4, -0.2) is 44.2 Å². The zero-order chi connectivity index (χ0) is 34.4. The molecule has 6 aromatic rings. The van der Waals surface area contributed by atoms with Crippen molar-refractivity contribution in [3.8, 4) is 22.6 Å². The monoisotopic (exact) mass is 676 g/mol. The summed E-state index contributed by atoms with van der Waals surface area (Å²) >= 11 is 0. The third-order valence-electron chi connectivity index (χ3n) is 6.83. The Morgan fingerprint density at radius 1 is 0.894 bits per heavy atom. The fourth-order valence-electron chi connectivity index (χ4n) is 4.60. The van der Waals surface area contributed by atoms with Crippen LogP contribution >= 0.6 is 0 Å². The first-order chi connectivity index (χ1) is 22.0. The Labute approximate surface area is 260 Å². The Kier molecular flexibility index (Phi) is 8.27. The van der Waals surface area contributed by atoms with Gasteiger partial charge in [0.25, 0.3) is 15.6 Å². The van der Waals surface area contributed by atoms with Crippen molar-refractivity contribution in [2.75, 3.05) is 0 Å². The lowest BCUT2D eigenvalue weighted by atomic mass is 10.0. The van der Waals surface area contributed by atoms with Gasteiger partial charge in [-0.3, -0.25) is 4.79 Å². The number of carboxylic acid groups (broad SMARTS) is 1. The summed E-state index contributed by atoms with van der Waals surface area (Å²) in [5.41, 5.74) is 1.14. The average molecular weight is 677 g/mol. The lowest BCUT2D eigenvalue weighted by Crippen LogP contribution is -2.22. The number of nitrogens with one attached hydrogen (secondary N) is 2. The van der Waals surface area contributed by atoms with E-state index in [0.29, 0.717) is 28.2 Å². The summed E-state index contributed by atoms with van der Waals surface area (Å²) in [4.78, 5) is 39.5. The Balaban J connectivity index is 0.000000559. The van der Waals surface area contributed by atoms with Gasteiger partial charge in [-0.25, -0.2) is 30.8 Å². The van der Waals surface area contributed by atoms with Crippen LogP contribution in [0.25, 0.3) is 33.1 Å². The van der Waals surface area contributed by atoms with Crippen LogP contribution in [0.5, 0.6) is 11.5 Å². The van der Waals surface area contributed by atoms with Crippen molar-refractivity contribution >= 4 is 37.9 Å². The number of aromatic amines is 2. The quantitative estimate of drug-likeness (QED) is 0.206. The van der Waals surface area contributed by atoms with E-state index in [9.17, 15) is 40.0 Å². The van der Waals surface area contributed by atoms with Crippen molar-refractivity contribution in [3.63, 3.8) is 0 Å². The summed E-state index contributed by atoms with van der Waals surface area (Å²) in [6.07, 6.45) is -2.30. The SMILES string of the molecule is Cc1ccc(S(=O)(=O)n2ccc3c(-c4cc5[nH]c(=O)[nH]c5cc4Oc4ccc(F)cc4F)cn(C)c(=O)c32)cc1.O=C(O)C(F)(F)F. The minimum atomic E-state index is -5.08. The highest BCUT2D eigenvalue weighted by Crippen LogP contribution is 2.40. The molecule has 47 heavy (non-hydrogen) atoms. The van der Waals surface area contributed by atoms with E-state index in [1.807, 2.05) is 6.92 Å². The smallest absolute Gasteiger partial charge is 0.475 e. The van der Waals surface area contributed by atoms with Crippen LogP contribution in [0.3, 0.4) is 0 Å². The minimum Gasteiger partial charge on any atom is -0.475 e. The van der Waals surface area contributed by atoms with E-state index in [0.717, 1.165) is 21.7 Å². The molecule has 6 rings (SSSR count). The first-order valence-electron chi connectivity index (χ1n) is 13.2. The molecule has 3 N–H and O–H groups in total. The number of imidazole rings is 1. The second-order valence-corrected chi connectivity index (χ2v) is 11.9. The number of alkyl halides is 3. The predicted octanol–water partition coefficient (Wildman–Crippen LogP) is 5.43. The van der Waals surface area contributed by atoms with Gasteiger partial charge < -0.3 is 24.4 Å². The molecular weight excluding hydrogens is 655 g/mol. The molecule has 3 aromatic heterocycles. The van der Waals surface area contributed by atoms with Gasteiger partial charge in [-0.1, -0.05) is 17.7 Å². The highest BCUT2D eigenvalue weighted by atomic mass is 32.2. The number of H-pyrrole nitrogens is 2. The molecule has 3 heterocycles. The molecule has 0 aliphatic carbocycles. The molecule has 0 radical (unpaired) electrons. The van der Waals surface area contributed by atoms with Crippen molar-refractivity contribution in [3.05, 3.63) is 111 Å². The minimum absolute atomic E-state index is 0.00480. The molecule has 0 amide bonds. The van der Waals surface area contributed by atoms with Gasteiger partial charge in [0.05, 0.1) is 15.9 Å². The van der Waals surface area contributed by atoms with Gasteiger partial charge in [-0.2, -0.15) is 13.2 Å². The number of carbonyl (C=O) groups is 1. The zero-order valence-corrected chi connectivity index (χ0v) is 24.8. The third kappa shape index (κ3) is 6.37. The second kappa shape index (κ2) is 11.9. The molecule has 0 saturated carbocycles. The van der Waals surface area contributed by atoms with Crippen LogP contribution in [0.2, 0.25) is 0 Å². The van der Waals surface area contributed by atoms with Gasteiger partial charge >= 0.3 is 17.8 Å².